The third-order valence-corrected chi connectivity index (χ3v) is 4.70. The van der Waals surface area contributed by atoms with Crippen LogP contribution in [0, 0.1) is 17.8 Å². The lowest BCUT2D eigenvalue weighted by atomic mass is 9.79. The zero-order chi connectivity index (χ0) is 14.2. The van der Waals surface area contributed by atoms with Crippen LogP contribution in [0.2, 0.25) is 0 Å². The van der Waals surface area contributed by atoms with Gasteiger partial charge in [-0.2, -0.15) is 0 Å². The maximum absolute atomic E-state index is 6.27. The van der Waals surface area contributed by atoms with E-state index < -0.39 is 0 Å². The van der Waals surface area contributed by atoms with Crippen LogP contribution >= 0.6 is 0 Å². The van der Waals surface area contributed by atoms with Gasteiger partial charge in [-0.15, -0.1) is 0 Å². The lowest BCUT2D eigenvalue weighted by molar-refractivity contribution is 0.0252. The van der Waals surface area contributed by atoms with Gasteiger partial charge < -0.3 is 14.5 Å². The average molecular weight is 266 g/mol. The highest BCUT2D eigenvalue weighted by Gasteiger charge is 2.45. The second-order valence-electron chi connectivity index (χ2n) is 5.79. The van der Waals surface area contributed by atoms with Gasteiger partial charge in [0.05, 0.1) is 25.0 Å². The second-order valence-corrected chi connectivity index (χ2v) is 5.79. The molecule has 0 bridgehead atoms. The van der Waals surface area contributed by atoms with Crippen LogP contribution in [0.4, 0.5) is 0 Å². The van der Waals surface area contributed by atoms with E-state index in [9.17, 15) is 0 Å². The Hall–Kier alpha value is -1.00. The summed E-state index contributed by atoms with van der Waals surface area (Å²) in [4.78, 5) is 0. The Kier molecular flexibility index (Phi) is 4.21. The van der Waals surface area contributed by atoms with E-state index in [1.54, 1.807) is 14.2 Å². The molecule has 3 unspecified atom stereocenters. The SMILES string of the molecule is C=C1C(OC)=CC([C@@H](C)C(C)OC)C(C2CC2)N1N. The lowest BCUT2D eigenvalue weighted by Crippen LogP contribution is -2.51. The third kappa shape index (κ3) is 2.65. The standard InChI is InChI=1S/C15H26N2O2/c1-9(11(3)18-4)13-8-14(19-5)10(2)17(16)15(13)12-6-7-12/h8-9,11-13,15H,2,6-7,16H2,1,3-5H3/t9-,11?,13?,15?/m0/s1. The Morgan fingerprint density at radius 2 is 2.00 bits per heavy atom. The molecule has 0 aromatic rings. The summed E-state index contributed by atoms with van der Waals surface area (Å²) < 4.78 is 10.9. The molecule has 1 heterocycles. The highest BCUT2D eigenvalue weighted by atomic mass is 16.5. The van der Waals surface area contributed by atoms with E-state index in [1.807, 2.05) is 5.01 Å². The number of hydrazine groups is 1. The molecule has 0 saturated heterocycles. The smallest absolute Gasteiger partial charge is 0.139 e. The van der Waals surface area contributed by atoms with E-state index in [1.165, 1.54) is 12.8 Å². The van der Waals surface area contributed by atoms with Gasteiger partial charge in [-0.3, -0.25) is 0 Å². The largest absolute Gasteiger partial charge is 0.495 e. The molecule has 0 radical (unpaired) electrons. The van der Waals surface area contributed by atoms with E-state index in [0.29, 0.717) is 23.8 Å². The van der Waals surface area contributed by atoms with Crippen molar-refractivity contribution in [3.05, 3.63) is 24.1 Å². The van der Waals surface area contributed by atoms with Gasteiger partial charge in [0.2, 0.25) is 0 Å². The van der Waals surface area contributed by atoms with Crippen LogP contribution in [0.3, 0.4) is 0 Å². The van der Waals surface area contributed by atoms with Crippen molar-refractivity contribution < 1.29 is 9.47 Å². The van der Waals surface area contributed by atoms with Crippen LogP contribution in [0.1, 0.15) is 26.7 Å². The molecular formula is C15H26N2O2. The molecule has 0 aromatic carbocycles. The fourth-order valence-corrected chi connectivity index (χ4v) is 3.02. The Morgan fingerprint density at radius 1 is 1.37 bits per heavy atom. The number of nitrogens with two attached hydrogens (primary N) is 1. The number of nitrogens with zero attached hydrogens (tertiary/aromatic N) is 1. The normalized spacial score (nSPS) is 30.9. The second kappa shape index (κ2) is 5.55. The summed E-state index contributed by atoms with van der Waals surface area (Å²) in [6.07, 6.45) is 4.90. The Balaban J connectivity index is 2.29. The zero-order valence-corrected chi connectivity index (χ0v) is 12.4. The molecule has 2 N–H and O–H groups in total. The van der Waals surface area contributed by atoms with Gasteiger partial charge in [-0.1, -0.05) is 13.5 Å². The van der Waals surface area contributed by atoms with E-state index in [-0.39, 0.29) is 6.10 Å². The molecule has 2 aliphatic rings. The summed E-state index contributed by atoms with van der Waals surface area (Å²) >= 11 is 0. The first-order valence-electron chi connectivity index (χ1n) is 7.03. The molecule has 4 nitrogen and oxygen atoms in total. The highest BCUT2D eigenvalue weighted by molar-refractivity contribution is 5.28. The molecule has 0 spiro atoms. The summed E-state index contributed by atoms with van der Waals surface area (Å²) in [5.41, 5.74) is 0.785. The van der Waals surface area contributed by atoms with Gasteiger partial charge in [0, 0.05) is 13.0 Å². The van der Waals surface area contributed by atoms with Crippen LogP contribution in [0.5, 0.6) is 0 Å². The van der Waals surface area contributed by atoms with Crippen LogP contribution in [0.25, 0.3) is 0 Å². The first kappa shape index (κ1) is 14.4. The fourth-order valence-electron chi connectivity index (χ4n) is 3.02. The molecule has 108 valence electrons. The number of hydrogen-bond acceptors (Lipinski definition) is 4. The maximum atomic E-state index is 6.27. The molecule has 19 heavy (non-hydrogen) atoms. The zero-order valence-electron chi connectivity index (χ0n) is 12.4. The molecular weight excluding hydrogens is 240 g/mol. The van der Waals surface area contributed by atoms with Gasteiger partial charge in [0.25, 0.3) is 0 Å². The molecule has 4 atom stereocenters. The molecule has 1 aliphatic carbocycles. The number of ether oxygens (including phenoxy) is 2. The number of hydrogen-bond donors (Lipinski definition) is 1. The van der Waals surface area contributed by atoms with Crippen molar-refractivity contribution in [2.75, 3.05) is 14.2 Å². The van der Waals surface area contributed by atoms with Gasteiger partial charge >= 0.3 is 0 Å². The van der Waals surface area contributed by atoms with Crippen molar-refractivity contribution >= 4 is 0 Å². The van der Waals surface area contributed by atoms with Crippen LogP contribution in [-0.2, 0) is 9.47 Å². The minimum absolute atomic E-state index is 0.195. The Bertz CT molecular complexity index is 376. The molecule has 1 aliphatic heterocycles. The third-order valence-electron chi connectivity index (χ3n) is 4.70. The predicted molar refractivity (Wildman–Crippen MR) is 75.9 cm³/mol. The maximum Gasteiger partial charge on any atom is 0.139 e. The molecule has 0 aromatic heterocycles. The Morgan fingerprint density at radius 3 is 2.47 bits per heavy atom. The van der Waals surface area contributed by atoms with Crippen molar-refractivity contribution in [3.63, 3.8) is 0 Å². The van der Waals surface area contributed by atoms with Gasteiger partial charge in [0.15, 0.2) is 0 Å². The molecule has 1 fully saturated rings. The minimum atomic E-state index is 0.195. The molecule has 2 rings (SSSR count). The summed E-state index contributed by atoms with van der Waals surface area (Å²) in [7, 11) is 3.43. The molecule has 0 amide bonds. The van der Waals surface area contributed by atoms with Crippen molar-refractivity contribution in [1.29, 1.82) is 0 Å². The van der Waals surface area contributed by atoms with Crippen molar-refractivity contribution in [1.82, 2.24) is 5.01 Å². The monoisotopic (exact) mass is 266 g/mol. The molecule has 1 saturated carbocycles. The highest BCUT2D eigenvalue weighted by Crippen LogP contribution is 2.45. The summed E-state index contributed by atoms with van der Waals surface area (Å²) in [6, 6.07) is 0.319. The number of methoxy groups -OCH3 is 2. The Labute approximate surface area is 116 Å². The molecule has 4 heteroatoms. The van der Waals surface area contributed by atoms with Crippen molar-refractivity contribution in [2.45, 2.75) is 38.8 Å². The summed E-state index contributed by atoms with van der Waals surface area (Å²) in [5.74, 6) is 8.47. The average Bonchev–Trinajstić information content (AvgIpc) is 3.24. The first-order chi connectivity index (χ1) is 9.01. The predicted octanol–water partition coefficient (Wildman–Crippen LogP) is 2.29. The topological polar surface area (TPSA) is 47.7 Å². The van der Waals surface area contributed by atoms with Crippen LogP contribution < -0.4 is 5.84 Å². The van der Waals surface area contributed by atoms with Crippen LogP contribution in [-0.4, -0.2) is 31.4 Å². The first-order valence-corrected chi connectivity index (χ1v) is 7.03. The van der Waals surface area contributed by atoms with Gasteiger partial charge in [0.1, 0.15) is 5.76 Å². The number of rotatable bonds is 5. The van der Waals surface area contributed by atoms with Crippen LogP contribution in [0.15, 0.2) is 24.1 Å². The van der Waals surface area contributed by atoms with Crippen molar-refractivity contribution in [2.24, 2.45) is 23.6 Å². The van der Waals surface area contributed by atoms with E-state index in [4.69, 9.17) is 15.3 Å². The summed E-state index contributed by atoms with van der Waals surface area (Å²) in [6.45, 7) is 8.38. The fraction of sp³-hybridized carbons (Fsp3) is 0.733. The lowest BCUT2D eigenvalue weighted by Gasteiger charge is -2.43. The quantitative estimate of drug-likeness (QED) is 0.776. The van der Waals surface area contributed by atoms with E-state index in [2.05, 4.69) is 26.5 Å². The van der Waals surface area contributed by atoms with Gasteiger partial charge in [-0.05, 0) is 37.7 Å². The summed E-state index contributed by atoms with van der Waals surface area (Å²) in [5, 5.41) is 1.82. The van der Waals surface area contributed by atoms with Crippen molar-refractivity contribution in [3.8, 4) is 0 Å². The minimum Gasteiger partial charge on any atom is -0.495 e. The van der Waals surface area contributed by atoms with E-state index in [0.717, 1.165) is 11.5 Å². The van der Waals surface area contributed by atoms with E-state index >= 15 is 0 Å². The van der Waals surface area contributed by atoms with Gasteiger partial charge in [-0.25, -0.2) is 5.84 Å².